The topological polar surface area (TPSA) is 37.3 Å². The van der Waals surface area contributed by atoms with Crippen LogP contribution in [0.5, 0.6) is 0 Å². The summed E-state index contributed by atoms with van der Waals surface area (Å²) in [5, 5.41) is 8.64. The highest BCUT2D eigenvalue weighted by Gasteiger charge is 2.06. The number of carbonyl (C=O) groups is 1. The molecule has 0 atom stereocenters. The summed E-state index contributed by atoms with van der Waals surface area (Å²) >= 11 is 0. The van der Waals surface area contributed by atoms with E-state index in [9.17, 15) is 13.6 Å². The van der Waals surface area contributed by atoms with Crippen molar-refractivity contribution in [2.24, 2.45) is 0 Å². The maximum absolute atomic E-state index is 13.2. The second-order valence-electron chi connectivity index (χ2n) is 4.22. The number of benzene rings is 2. The van der Waals surface area contributed by atoms with Gasteiger partial charge in [0.2, 0.25) is 0 Å². The molecule has 2 aromatic rings. The molecule has 2 nitrogen and oxygen atoms in total. The zero-order chi connectivity index (χ0) is 13.8. The highest BCUT2D eigenvalue weighted by atomic mass is 19.2. The molecular formula is C15H12F2O2. The molecule has 0 heterocycles. The molecule has 0 radical (unpaired) electrons. The van der Waals surface area contributed by atoms with Gasteiger partial charge < -0.3 is 5.11 Å². The third-order valence-corrected chi connectivity index (χ3v) is 2.81. The van der Waals surface area contributed by atoms with E-state index < -0.39 is 17.6 Å². The molecule has 2 rings (SSSR count). The summed E-state index contributed by atoms with van der Waals surface area (Å²) in [6, 6.07) is 10.8. The highest BCUT2D eigenvalue weighted by molar-refractivity contribution is 5.68. The van der Waals surface area contributed by atoms with Gasteiger partial charge in [0.1, 0.15) is 0 Å². The van der Waals surface area contributed by atoms with Crippen LogP contribution in [-0.4, -0.2) is 11.1 Å². The third kappa shape index (κ3) is 3.37. The molecule has 4 heteroatoms. The van der Waals surface area contributed by atoms with Crippen LogP contribution in [-0.2, 0) is 11.2 Å². The minimum atomic E-state index is -0.895. The summed E-state index contributed by atoms with van der Waals surface area (Å²) in [7, 11) is 0. The Balaban J connectivity index is 2.27. The Labute approximate surface area is 109 Å². The lowest BCUT2D eigenvalue weighted by Gasteiger charge is -2.05. The summed E-state index contributed by atoms with van der Waals surface area (Å²) in [6.45, 7) is 0. The first-order valence-electron chi connectivity index (χ1n) is 5.82. The molecule has 0 spiro atoms. The Kier molecular flexibility index (Phi) is 3.90. The van der Waals surface area contributed by atoms with Crippen LogP contribution >= 0.6 is 0 Å². The lowest BCUT2D eigenvalue weighted by Crippen LogP contribution is -1.97. The van der Waals surface area contributed by atoms with Gasteiger partial charge in [0.05, 0.1) is 0 Å². The molecule has 0 saturated carbocycles. The van der Waals surface area contributed by atoms with E-state index in [4.69, 9.17) is 5.11 Å². The second kappa shape index (κ2) is 5.61. The molecule has 0 aromatic heterocycles. The molecule has 1 N–H and O–H groups in total. The van der Waals surface area contributed by atoms with Crippen molar-refractivity contribution in [1.82, 2.24) is 0 Å². The first-order chi connectivity index (χ1) is 9.06. The number of aliphatic carboxylic acids is 1. The first kappa shape index (κ1) is 13.2. The Morgan fingerprint density at radius 2 is 1.74 bits per heavy atom. The lowest BCUT2D eigenvalue weighted by atomic mass is 10.0. The molecule has 0 unspecified atom stereocenters. The van der Waals surface area contributed by atoms with Gasteiger partial charge in [0.25, 0.3) is 0 Å². The summed E-state index contributed by atoms with van der Waals surface area (Å²) < 4.78 is 26.0. The van der Waals surface area contributed by atoms with Crippen molar-refractivity contribution >= 4 is 5.97 Å². The maximum Gasteiger partial charge on any atom is 0.303 e. The predicted octanol–water partition coefficient (Wildman–Crippen LogP) is 3.65. The lowest BCUT2D eigenvalue weighted by molar-refractivity contribution is -0.136. The average Bonchev–Trinajstić information content (AvgIpc) is 2.40. The van der Waals surface area contributed by atoms with Crippen molar-refractivity contribution in [3.05, 3.63) is 59.7 Å². The molecule has 0 amide bonds. The SMILES string of the molecule is O=C(O)CCc1cccc(-c2ccc(F)c(F)c2)c1. The zero-order valence-electron chi connectivity index (χ0n) is 10.1. The fourth-order valence-corrected chi connectivity index (χ4v) is 1.83. The van der Waals surface area contributed by atoms with Gasteiger partial charge in [-0.1, -0.05) is 30.3 Å². The molecule has 0 aliphatic carbocycles. The Hall–Kier alpha value is -2.23. The van der Waals surface area contributed by atoms with Crippen molar-refractivity contribution < 1.29 is 18.7 Å². The van der Waals surface area contributed by atoms with Crippen molar-refractivity contribution in [2.45, 2.75) is 12.8 Å². The highest BCUT2D eigenvalue weighted by Crippen LogP contribution is 2.23. The molecule has 19 heavy (non-hydrogen) atoms. The van der Waals surface area contributed by atoms with E-state index in [2.05, 4.69) is 0 Å². The number of carboxylic acid groups (broad SMARTS) is 1. The molecule has 2 aromatic carbocycles. The van der Waals surface area contributed by atoms with Gasteiger partial charge in [-0.2, -0.15) is 0 Å². The van der Waals surface area contributed by atoms with E-state index in [-0.39, 0.29) is 6.42 Å². The quantitative estimate of drug-likeness (QED) is 0.913. The van der Waals surface area contributed by atoms with E-state index in [0.29, 0.717) is 12.0 Å². The number of hydrogen-bond donors (Lipinski definition) is 1. The summed E-state index contributed by atoms with van der Waals surface area (Å²) in [5.41, 5.74) is 2.16. The van der Waals surface area contributed by atoms with E-state index in [1.165, 1.54) is 6.07 Å². The third-order valence-electron chi connectivity index (χ3n) is 2.81. The average molecular weight is 262 g/mol. The largest absolute Gasteiger partial charge is 0.481 e. The molecule has 98 valence electrons. The Bertz CT molecular complexity index is 609. The van der Waals surface area contributed by atoms with Gasteiger partial charge >= 0.3 is 5.97 Å². The van der Waals surface area contributed by atoms with E-state index in [0.717, 1.165) is 23.3 Å². The number of carboxylic acids is 1. The fraction of sp³-hybridized carbons (Fsp3) is 0.133. The van der Waals surface area contributed by atoms with Crippen molar-refractivity contribution in [3.8, 4) is 11.1 Å². The van der Waals surface area contributed by atoms with Crippen molar-refractivity contribution in [1.29, 1.82) is 0 Å². The van der Waals surface area contributed by atoms with Gasteiger partial charge in [-0.3, -0.25) is 4.79 Å². The molecule has 0 aliphatic heterocycles. The molecule has 0 aliphatic rings. The van der Waals surface area contributed by atoms with Crippen LogP contribution in [0.15, 0.2) is 42.5 Å². The smallest absolute Gasteiger partial charge is 0.303 e. The van der Waals surface area contributed by atoms with Gasteiger partial charge in [-0.15, -0.1) is 0 Å². The van der Waals surface area contributed by atoms with Gasteiger partial charge in [-0.05, 0) is 35.2 Å². The molecule has 0 bridgehead atoms. The Morgan fingerprint density at radius 3 is 2.42 bits per heavy atom. The zero-order valence-corrected chi connectivity index (χ0v) is 10.1. The fourth-order valence-electron chi connectivity index (χ4n) is 1.83. The number of hydrogen-bond acceptors (Lipinski definition) is 1. The van der Waals surface area contributed by atoms with Crippen LogP contribution in [0.1, 0.15) is 12.0 Å². The maximum atomic E-state index is 13.2. The van der Waals surface area contributed by atoms with Crippen LogP contribution < -0.4 is 0 Å². The molecule has 0 fully saturated rings. The predicted molar refractivity (Wildman–Crippen MR) is 67.8 cm³/mol. The standard InChI is InChI=1S/C15H12F2O2/c16-13-6-5-12(9-14(13)17)11-3-1-2-10(8-11)4-7-15(18)19/h1-3,5-6,8-9H,4,7H2,(H,18,19). The van der Waals surface area contributed by atoms with Gasteiger partial charge in [0.15, 0.2) is 11.6 Å². The molecule has 0 saturated heterocycles. The summed E-state index contributed by atoms with van der Waals surface area (Å²) in [6.07, 6.45) is 0.452. The van der Waals surface area contributed by atoms with E-state index >= 15 is 0 Å². The second-order valence-corrected chi connectivity index (χ2v) is 4.22. The number of rotatable bonds is 4. The van der Waals surface area contributed by atoms with Crippen LogP contribution in [0.4, 0.5) is 8.78 Å². The minimum absolute atomic E-state index is 0.0429. The first-order valence-corrected chi connectivity index (χ1v) is 5.82. The summed E-state index contributed by atoms with van der Waals surface area (Å²) in [4.78, 5) is 10.5. The minimum Gasteiger partial charge on any atom is -0.481 e. The number of aryl methyl sites for hydroxylation is 1. The monoisotopic (exact) mass is 262 g/mol. The van der Waals surface area contributed by atoms with E-state index in [1.54, 1.807) is 18.2 Å². The van der Waals surface area contributed by atoms with Gasteiger partial charge in [0, 0.05) is 6.42 Å². The van der Waals surface area contributed by atoms with Crippen molar-refractivity contribution in [2.75, 3.05) is 0 Å². The Morgan fingerprint density at radius 1 is 1.00 bits per heavy atom. The van der Waals surface area contributed by atoms with Crippen LogP contribution in [0.2, 0.25) is 0 Å². The normalized spacial score (nSPS) is 10.4. The van der Waals surface area contributed by atoms with Gasteiger partial charge in [-0.25, -0.2) is 8.78 Å². The number of halogens is 2. The van der Waals surface area contributed by atoms with Crippen LogP contribution in [0, 0.1) is 11.6 Å². The van der Waals surface area contributed by atoms with Crippen LogP contribution in [0.25, 0.3) is 11.1 Å². The molecular weight excluding hydrogens is 250 g/mol. The van der Waals surface area contributed by atoms with Crippen molar-refractivity contribution in [3.63, 3.8) is 0 Å². The summed E-state index contributed by atoms with van der Waals surface area (Å²) in [5.74, 6) is -2.64. The van der Waals surface area contributed by atoms with Crippen LogP contribution in [0.3, 0.4) is 0 Å². The van der Waals surface area contributed by atoms with E-state index in [1.807, 2.05) is 6.07 Å².